The van der Waals surface area contributed by atoms with Gasteiger partial charge in [-0.2, -0.15) is 5.01 Å². The second-order valence-corrected chi connectivity index (χ2v) is 7.29. The third-order valence-corrected chi connectivity index (χ3v) is 5.17. The first kappa shape index (κ1) is 18.4. The Balaban J connectivity index is 1.77. The number of hydrogen-bond donors (Lipinski definition) is 1. The molecule has 1 fully saturated rings. The van der Waals surface area contributed by atoms with Crippen LogP contribution >= 0.6 is 35.6 Å². The SMILES string of the molecule is COc1ccc(/C=C2\SC(=S)N(NC(=O)c3ccccc3Cl)C2=O)cc1. The molecule has 1 aliphatic heterocycles. The zero-order valence-electron chi connectivity index (χ0n) is 13.6. The molecule has 132 valence electrons. The molecule has 1 N–H and O–H groups in total. The minimum Gasteiger partial charge on any atom is -0.497 e. The van der Waals surface area contributed by atoms with Gasteiger partial charge in [-0.3, -0.25) is 15.0 Å². The van der Waals surface area contributed by atoms with Crippen LogP contribution in [-0.2, 0) is 4.79 Å². The van der Waals surface area contributed by atoms with Gasteiger partial charge in [0.15, 0.2) is 4.32 Å². The summed E-state index contributed by atoms with van der Waals surface area (Å²) < 4.78 is 5.36. The highest BCUT2D eigenvalue weighted by molar-refractivity contribution is 8.26. The van der Waals surface area contributed by atoms with Gasteiger partial charge in [-0.1, -0.05) is 47.6 Å². The van der Waals surface area contributed by atoms with Crippen molar-refractivity contribution in [3.63, 3.8) is 0 Å². The lowest BCUT2D eigenvalue weighted by Gasteiger charge is -2.16. The van der Waals surface area contributed by atoms with Crippen LogP contribution in [0, 0.1) is 0 Å². The van der Waals surface area contributed by atoms with E-state index >= 15 is 0 Å². The second kappa shape index (κ2) is 7.90. The Morgan fingerprint density at radius 1 is 1.23 bits per heavy atom. The Labute approximate surface area is 164 Å². The Hall–Kier alpha value is -2.35. The largest absolute Gasteiger partial charge is 0.497 e. The van der Waals surface area contributed by atoms with Crippen molar-refractivity contribution in [2.45, 2.75) is 0 Å². The number of nitrogens with zero attached hydrogens (tertiary/aromatic N) is 1. The van der Waals surface area contributed by atoms with Gasteiger partial charge in [-0.05, 0) is 48.1 Å². The quantitative estimate of drug-likeness (QED) is 0.618. The predicted molar refractivity (Wildman–Crippen MR) is 107 cm³/mol. The second-order valence-electron chi connectivity index (χ2n) is 5.21. The van der Waals surface area contributed by atoms with Gasteiger partial charge >= 0.3 is 0 Å². The normalized spacial score (nSPS) is 15.5. The molecule has 2 aromatic rings. The molecular formula is C18H13ClN2O3S2. The van der Waals surface area contributed by atoms with E-state index in [1.54, 1.807) is 49.6 Å². The molecule has 2 aromatic carbocycles. The summed E-state index contributed by atoms with van der Waals surface area (Å²) in [6.45, 7) is 0. The fraction of sp³-hybridized carbons (Fsp3) is 0.0556. The van der Waals surface area contributed by atoms with Crippen molar-refractivity contribution < 1.29 is 14.3 Å². The van der Waals surface area contributed by atoms with Crippen LogP contribution in [0.25, 0.3) is 6.08 Å². The summed E-state index contributed by atoms with van der Waals surface area (Å²) in [7, 11) is 1.59. The molecule has 0 saturated carbocycles. The number of thiocarbonyl (C=S) groups is 1. The lowest BCUT2D eigenvalue weighted by Crippen LogP contribution is -2.44. The maximum Gasteiger partial charge on any atom is 0.285 e. The molecule has 0 aliphatic carbocycles. The molecule has 5 nitrogen and oxygen atoms in total. The van der Waals surface area contributed by atoms with E-state index in [0.29, 0.717) is 9.93 Å². The lowest BCUT2D eigenvalue weighted by atomic mass is 10.2. The first-order valence-corrected chi connectivity index (χ1v) is 9.07. The van der Waals surface area contributed by atoms with Crippen LogP contribution in [0.15, 0.2) is 53.4 Å². The fourth-order valence-electron chi connectivity index (χ4n) is 2.22. The van der Waals surface area contributed by atoms with Gasteiger partial charge in [-0.15, -0.1) is 0 Å². The van der Waals surface area contributed by atoms with Crippen LogP contribution in [0.1, 0.15) is 15.9 Å². The molecule has 0 aromatic heterocycles. The van der Waals surface area contributed by atoms with E-state index in [-0.39, 0.29) is 9.88 Å². The lowest BCUT2D eigenvalue weighted by molar-refractivity contribution is -0.123. The summed E-state index contributed by atoms with van der Waals surface area (Å²) in [5.74, 6) is -0.171. The maximum absolute atomic E-state index is 12.6. The zero-order chi connectivity index (χ0) is 18.7. The summed E-state index contributed by atoms with van der Waals surface area (Å²) in [6.07, 6.45) is 1.71. The Morgan fingerprint density at radius 3 is 2.58 bits per heavy atom. The number of carbonyl (C=O) groups excluding carboxylic acids is 2. The molecule has 26 heavy (non-hydrogen) atoms. The standard InChI is InChI=1S/C18H13ClN2O3S2/c1-24-12-8-6-11(7-9-12)10-15-17(23)21(18(25)26-15)20-16(22)13-4-2-3-5-14(13)19/h2-10H,1H3,(H,20,22)/b15-10-. The van der Waals surface area contributed by atoms with Crippen LogP contribution in [0.3, 0.4) is 0 Å². The molecule has 0 radical (unpaired) electrons. The Kier molecular flexibility index (Phi) is 5.61. The van der Waals surface area contributed by atoms with Gasteiger partial charge in [0.2, 0.25) is 0 Å². The molecule has 8 heteroatoms. The summed E-state index contributed by atoms with van der Waals surface area (Å²) in [4.78, 5) is 25.3. The average molecular weight is 405 g/mol. The third kappa shape index (κ3) is 3.90. The number of rotatable bonds is 4. The van der Waals surface area contributed by atoms with Crippen molar-refractivity contribution in [1.82, 2.24) is 10.4 Å². The van der Waals surface area contributed by atoms with Crippen LogP contribution in [-0.4, -0.2) is 28.3 Å². The zero-order valence-corrected chi connectivity index (χ0v) is 16.0. The van der Waals surface area contributed by atoms with Crippen LogP contribution < -0.4 is 10.2 Å². The molecule has 2 amide bonds. The molecule has 0 unspecified atom stereocenters. The highest BCUT2D eigenvalue weighted by atomic mass is 35.5. The van der Waals surface area contributed by atoms with Gasteiger partial charge in [-0.25, -0.2) is 0 Å². The third-order valence-electron chi connectivity index (χ3n) is 3.54. The summed E-state index contributed by atoms with van der Waals surface area (Å²) in [5.41, 5.74) is 3.60. The van der Waals surface area contributed by atoms with Crippen molar-refractivity contribution in [1.29, 1.82) is 0 Å². The van der Waals surface area contributed by atoms with Crippen LogP contribution in [0.4, 0.5) is 0 Å². The molecule has 1 aliphatic rings. The van der Waals surface area contributed by atoms with Crippen molar-refractivity contribution in [2.75, 3.05) is 7.11 Å². The maximum atomic E-state index is 12.6. The Morgan fingerprint density at radius 2 is 1.92 bits per heavy atom. The van der Waals surface area contributed by atoms with Gasteiger partial charge in [0, 0.05) is 0 Å². The molecule has 0 spiro atoms. The summed E-state index contributed by atoms with van der Waals surface area (Å²) >= 11 is 12.3. The van der Waals surface area contributed by atoms with Crippen LogP contribution in [0.2, 0.25) is 5.02 Å². The van der Waals surface area contributed by atoms with Gasteiger partial charge < -0.3 is 4.74 Å². The number of nitrogens with one attached hydrogen (secondary N) is 1. The van der Waals surface area contributed by atoms with Gasteiger partial charge in [0.05, 0.1) is 22.6 Å². The van der Waals surface area contributed by atoms with Crippen molar-refractivity contribution in [3.8, 4) is 5.75 Å². The van der Waals surface area contributed by atoms with Crippen molar-refractivity contribution in [2.24, 2.45) is 0 Å². The number of methoxy groups -OCH3 is 1. The van der Waals surface area contributed by atoms with Crippen molar-refractivity contribution >= 4 is 57.8 Å². The number of carbonyl (C=O) groups is 2. The van der Waals surface area contributed by atoms with Crippen LogP contribution in [0.5, 0.6) is 5.75 Å². The first-order chi connectivity index (χ1) is 12.5. The minimum atomic E-state index is -0.502. The molecule has 1 heterocycles. The smallest absolute Gasteiger partial charge is 0.285 e. The Bertz CT molecular complexity index is 913. The van der Waals surface area contributed by atoms with E-state index in [0.717, 1.165) is 28.1 Å². The fourth-order valence-corrected chi connectivity index (χ4v) is 3.62. The van der Waals surface area contributed by atoms with Gasteiger partial charge in [0.1, 0.15) is 5.75 Å². The van der Waals surface area contributed by atoms with E-state index in [4.69, 9.17) is 28.6 Å². The number of thioether (sulfide) groups is 1. The number of benzene rings is 2. The number of amides is 2. The molecular weight excluding hydrogens is 392 g/mol. The van der Waals surface area contributed by atoms with E-state index in [9.17, 15) is 9.59 Å². The number of hydrazine groups is 1. The highest BCUT2D eigenvalue weighted by Gasteiger charge is 2.34. The number of ether oxygens (including phenoxy) is 1. The molecule has 0 bridgehead atoms. The number of hydrogen-bond acceptors (Lipinski definition) is 5. The van der Waals surface area contributed by atoms with E-state index in [2.05, 4.69) is 5.43 Å². The van der Waals surface area contributed by atoms with E-state index in [1.807, 2.05) is 12.1 Å². The highest BCUT2D eigenvalue weighted by Crippen LogP contribution is 2.32. The topological polar surface area (TPSA) is 58.6 Å². The summed E-state index contributed by atoms with van der Waals surface area (Å²) in [6, 6.07) is 13.8. The van der Waals surface area contributed by atoms with E-state index < -0.39 is 11.8 Å². The average Bonchev–Trinajstić information content (AvgIpc) is 2.90. The first-order valence-electron chi connectivity index (χ1n) is 7.47. The predicted octanol–water partition coefficient (Wildman–Crippen LogP) is 3.89. The van der Waals surface area contributed by atoms with Gasteiger partial charge in [0.25, 0.3) is 11.8 Å². The van der Waals surface area contributed by atoms with E-state index in [1.165, 1.54) is 0 Å². The molecule has 1 saturated heterocycles. The molecule has 0 atom stereocenters. The number of halogens is 1. The monoisotopic (exact) mass is 404 g/mol. The molecule has 3 rings (SSSR count). The van der Waals surface area contributed by atoms with Crippen molar-refractivity contribution in [3.05, 3.63) is 69.6 Å². The minimum absolute atomic E-state index is 0.246. The summed E-state index contributed by atoms with van der Waals surface area (Å²) in [5, 5.41) is 1.35.